The Balaban J connectivity index is 0. The molecule has 0 saturated carbocycles. The van der Waals surface area contributed by atoms with E-state index >= 15 is 0 Å². The normalized spacial score (nSPS) is 16.9. The van der Waals surface area contributed by atoms with Gasteiger partial charge in [-0.2, -0.15) is 23.8 Å². The minimum Gasteiger partial charge on any atom is -1.00 e. The fourth-order valence-electron chi connectivity index (χ4n) is 2.27. The summed E-state index contributed by atoms with van der Waals surface area (Å²) in [4.78, 5) is 0. The molecule has 1 aromatic rings. The Morgan fingerprint density at radius 3 is 2.21 bits per heavy atom. The Labute approximate surface area is 149 Å². The molecular formula is C15H20Cl2HfSi. The van der Waals surface area contributed by atoms with Gasteiger partial charge in [-0.1, -0.05) is 32.0 Å². The number of allylic oxidation sites excluding steroid dienone is 4. The van der Waals surface area contributed by atoms with Crippen LogP contribution >= 0.6 is 0 Å². The van der Waals surface area contributed by atoms with Gasteiger partial charge in [-0.3, -0.25) is 6.08 Å². The van der Waals surface area contributed by atoms with Crippen molar-refractivity contribution in [1.29, 1.82) is 0 Å². The van der Waals surface area contributed by atoms with Gasteiger partial charge in [-0.05, 0) is 0 Å². The van der Waals surface area contributed by atoms with Crippen molar-refractivity contribution in [3.8, 4) is 0 Å². The first-order chi connectivity index (χ1) is 7.71. The van der Waals surface area contributed by atoms with E-state index in [9.17, 15) is 0 Å². The maximum Gasteiger partial charge on any atom is 4.00 e. The van der Waals surface area contributed by atoms with Crippen molar-refractivity contribution in [2.24, 2.45) is 0 Å². The molecule has 1 fully saturated rings. The average molecular weight is 478 g/mol. The molecule has 0 nitrogen and oxygen atoms in total. The van der Waals surface area contributed by atoms with Gasteiger partial charge in [0.1, 0.15) is 0 Å². The quantitative estimate of drug-likeness (QED) is 0.316. The van der Waals surface area contributed by atoms with Gasteiger partial charge in [-0.15, -0.1) is 6.42 Å². The Morgan fingerprint density at radius 1 is 1.26 bits per heavy atom. The van der Waals surface area contributed by atoms with Gasteiger partial charge in [0.2, 0.25) is 0 Å². The number of hydrogen-bond donors (Lipinski definition) is 0. The molecule has 102 valence electrons. The van der Waals surface area contributed by atoms with Crippen LogP contribution in [0.2, 0.25) is 18.6 Å². The van der Waals surface area contributed by atoms with Gasteiger partial charge in [0.05, 0.1) is 0 Å². The SMILES string of the molecule is C[c-]1ccc([Si]2(C)CCC2)c1.[C-]1=CC=CC1.[Cl-].[Cl-].[Hf+4]. The van der Waals surface area contributed by atoms with Crippen molar-refractivity contribution in [2.45, 2.75) is 38.4 Å². The van der Waals surface area contributed by atoms with E-state index in [2.05, 4.69) is 43.8 Å². The van der Waals surface area contributed by atoms with Crippen LogP contribution in [-0.4, -0.2) is 8.07 Å². The zero-order chi connectivity index (χ0) is 11.4. The Kier molecular flexibility index (Phi) is 11.8. The first kappa shape index (κ1) is 21.8. The summed E-state index contributed by atoms with van der Waals surface area (Å²) < 4.78 is 0. The maximum atomic E-state index is 2.99. The van der Waals surface area contributed by atoms with Crippen LogP contribution in [0, 0.1) is 13.0 Å². The molecule has 0 aromatic heterocycles. The molecule has 0 atom stereocenters. The van der Waals surface area contributed by atoms with E-state index in [1.165, 1.54) is 24.1 Å². The summed E-state index contributed by atoms with van der Waals surface area (Å²) in [5.41, 5.74) is 1.45. The summed E-state index contributed by atoms with van der Waals surface area (Å²) in [6, 6.07) is 10.0. The summed E-state index contributed by atoms with van der Waals surface area (Å²) >= 11 is 0. The topological polar surface area (TPSA) is 0 Å². The van der Waals surface area contributed by atoms with Crippen LogP contribution in [0.5, 0.6) is 0 Å². The zero-order valence-electron chi connectivity index (χ0n) is 11.5. The van der Waals surface area contributed by atoms with Gasteiger partial charge in [0.25, 0.3) is 0 Å². The average Bonchev–Trinajstić information content (AvgIpc) is 2.87. The number of rotatable bonds is 1. The Morgan fingerprint density at radius 2 is 1.95 bits per heavy atom. The van der Waals surface area contributed by atoms with Gasteiger partial charge in [0, 0.05) is 8.07 Å². The smallest absolute Gasteiger partial charge is 1.00 e. The van der Waals surface area contributed by atoms with Crippen molar-refractivity contribution in [2.75, 3.05) is 0 Å². The summed E-state index contributed by atoms with van der Waals surface area (Å²) in [6.45, 7) is 4.71. The van der Waals surface area contributed by atoms with Crippen LogP contribution in [0.4, 0.5) is 0 Å². The van der Waals surface area contributed by atoms with Crippen molar-refractivity contribution < 1.29 is 50.7 Å². The first-order valence-electron chi connectivity index (χ1n) is 6.16. The van der Waals surface area contributed by atoms with E-state index in [-0.39, 0.29) is 50.7 Å². The van der Waals surface area contributed by atoms with E-state index in [4.69, 9.17) is 0 Å². The molecule has 1 heterocycles. The number of halogens is 2. The fourth-order valence-corrected chi connectivity index (χ4v) is 5.33. The zero-order valence-corrected chi connectivity index (χ0v) is 17.7. The summed E-state index contributed by atoms with van der Waals surface area (Å²) in [5.74, 6) is 0. The standard InChI is InChI=1S/C10H15Si.C5H5.2ClH.Hf/c1-9-4-5-10(8-9)11(2)6-3-7-11;1-2-4-5-3-1;;;/h4-5,8H,3,6-7H2,1-2H3;1-3H,4H2;2*1H;/q2*-1;;;+4/p-2. The summed E-state index contributed by atoms with van der Waals surface area (Å²) in [6.07, 6.45) is 11.5. The van der Waals surface area contributed by atoms with E-state index < -0.39 is 8.07 Å². The van der Waals surface area contributed by atoms with Gasteiger partial charge in [0.15, 0.2) is 0 Å². The van der Waals surface area contributed by atoms with E-state index in [1.54, 1.807) is 5.19 Å². The third-order valence-electron chi connectivity index (χ3n) is 3.65. The molecule has 1 aliphatic carbocycles. The van der Waals surface area contributed by atoms with E-state index in [1.807, 2.05) is 12.2 Å². The molecule has 3 rings (SSSR count). The third kappa shape index (κ3) is 6.20. The monoisotopic (exact) mass is 478 g/mol. The second-order valence-electron chi connectivity index (χ2n) is 5.09. The van der Waals surface area contributed by atoms with Crippen molar-refractivity contribution >= 4 is 13.3 Å². The predicted octanol–water partition coefficient (Wildman–Crippen LogP) is -2.29. The molecule has 19 heavy (non-hydrogen) atoms. The maximum absolute atomic E-state index is 2.99. The molecule has 0 unspecified atom stereocenters. The minimum absolute atomic E-state index is 0. The Hall–Kier alpha value is 0.497. The van der Waals surface area contributed by atoms with Gasteiger partial charge >= 0.3 is 25.8 Å². The molecule has 2 aliphatic rings. The van der Waals surface area contributed by atoms with Crippen LogP contribution in [0.25, 0.3) is 0 Å². The number of hydrogen-bond acceptors (Lipinski definition) is 0. The number of aryl methyl sites for hydroxylation is 1. The molecule has 0 spiro atoms. The second kappa shape index (κ2) is 10.3. The second-order valence-corrected chi connectivity index (χ2v) is 9.79. The molecule has 1 aromatic carbocycles. The third-order valence-corrected chi connectivity index (χ3v) is 8.27. The molecule has 1 saturated heterocycles. The molecule has 4 heteroatoms. The minimum atomic E-state index is -0.852. The van der Waals surface area contributed by atoms with Crippen LogP contribution < -0.4 is 30.0 Å². The molecule has 1 aliphatic heterocycles. The summed E-state index contributed by atoms with van der Waals surface area (Å²) in [7, 11) is -0.852. The molecule has 0 radical (unpaired) electrons. The van der Waals surface area contributed by atoms with Crippen LogP contribution in [0.15, 0.2) is 36.4 Å². The molecule has 0 amide bonds. The summed E-state index contributed by atoms with van der Waals surface area (Å²) in [5, 5.41) is 1.70. The molecule has 0 N–H and O–H groups in total. The molecular weight excluding hydrogens is 458 g/mol. The largest absolute Gasteiger partial charge is 4.00 e. The van der Waals surface area contributed by atoms with Gasteiger partial charge in [-0.25, -0.2) is 23.4 Å². The first-order valence-corrected chi connectivity index (χ1v) is 9.08. The van der Waals surface area contributed by atoms with E-state index in [0.29, 0.717) is 0 Å². The Bertz CT molecular complexity index is 396. The fraction of sp³-hybridized carbons (Fsp3) is 0.400. The van der Waals surface area contributed by atoms with Crippen molar-refractivity contribution in [3.63, 3.8) is 0 Å². The van der Waals surface area contributed by atoms with Gasteiger partial charge < -0.3 is 24.8 Å². The van der Waals surface area contributed by atoms with Crippen LogP contribution in [-0.2, 0) is 25.8 Å². The van der Waals surface area contributed by atoms with Crippen LogP contribution in [0.1, 0.15) is 18.4 Å². The van der Waals surface area contributed by atoms with Crippen molar-refractivity contribution in [1.82, 2.24) is 0 Å². The predicted molar refractivity (Wildman–Crippen MR) is 73.8 cm³/mol. The van der Waals surface area contributed by atoms with Crippen LogP contribution in [0.3, 0.4) is 0 Å². The molecule has 0 bridgehead atoms. The van der Waals surface area contributed by atoms with Crippen molar-refractivity contribution in [3.05, 3.63) is 48.1 Å². The van der Waals surface area contributed by atoms with E-state index in [0.717, 1.165) is 6.42 Å².